The van der Waals surface area contributed by atoms with Crippen LogP contribution in [0.25, 0.3) is 0 Å². The van der Waals surface area contributed by atoms with Gasteiger partial charge in [0.25, 0.3) is 0 Å². The van der Waals surface area contributed by atoms with Crippen LogP contribution in [0.3, 0.4) is 0 Å². The van der Waals surface area contributed by atoms with E-state index in [1.165, 1.54) is 4.90 Å². The molecular formula is C9H18F2N2. The van der Waals surface area contributed by atoms with E-state index in [0.717, 1.165) is 0 Å². The largest absolute Gasteiger partial charge is 0.317 e. The highest BCUT2D eigenvalue weighted by Crippen LogP contribution is 2.25. The number of hydrogen-bond acceptors (Lipinski definition) is 2. The van der Waals surface area contributed by atoms with Crippen molar-refractivity contribution >= 4 is 0 Å². The van der Waals surface area contributed by atoms with Gasteiger partial charge < -0.3 is 5.32 Å². The molecule has 4 heteroatoms. The molecule has 2 nitrogen and oxygen atoms in total. The molecule has 0 aromatic heterocycles. The summed E-state index contributed by atoms with van der Waals surface area (Å²) in [6.45, 7) is 7.25. The second-order valence-corrected chi connectivity index (χ2v) is 4.82. The maximum Gasteiger partial charge on any atom is 0.317 e. The van der Waals surface area contributed by atoms with Crippen LogP contribution in [0.4, 0.5) is 8.78 Å². The van der Waals surface area contributed by atoms with E-state index in [2.05, 4.69) is 5.32 Å². The van der Waals surface area contributed by atoms with Crippen LogP contribution in [0.15, 0.2) is 0 Å². The predicted molar refractivity (Wildman–Crippen MR) is 48.8 cm³/mol. The Morgan fingerprint density at radius 3 is 2.46 bits per heavy atom. The van der Waals surface area contributed by atoms with Crippen LogP contribution in [0.1, 0.15) is 20.8 Å². The number of hydrogen-bond donors (Lipinski definition) is 1. The van der Waals surface area contributed by atoms with Crippen LogP contribution in [0.2, 0.25) is 0 Å². The fourth-order valence-electron chi connectivity index (χ4n) is 1.50. The average Bonchev–Trinajstić information content (AvgIpc) is 1.91. The zero-order valence-corrected chi connectivity index (χ0v) is 8.53. The molecule has 1 heterocycles. The second kappa shape index (κ2) is 3.50. The zero-order chi connectivity index (χ0) is 10.1. The first-order chi connectivity index (χ1) is 5.81. The molecule has 0 amide bonds. The first kappa shape index (κ1) is 10.9. The second-order valence-electron chi connectivity index (χ2n) is 4.82. The van der Waals surface area contributed by atoms with Crippen molar-refractivity contribution in [3.05, 3.63) is 0 Å². The first-order valence-electron chi connectivity index (χ1n) is 4.65. The van der Waals surface area contributed by atoms with E-state index in [1.807, 2.05) is 20.8 Å². The maximum absolute atomic E-state index is 13.3. The Morgan fingerprint density at radius 1 is 1.38 bits per heavy atom. The zero-order valence-electron chi connectivity index (χ0n) is 8.53. The van der Waals surface area contributed by atoms with Gasteiger partial charge in [0.15, 0.2) is 0 Å². The van der Waals surface area contributed by atoms with Crippen molar-refractivity contribution in [2.75, 3.05) is 26.2 Å². The molecule has 1 aliphatic rings. The van der Waals surface area contributed by atoms with Gasteiger partial charge in [-0.25, -0.2) is 4.90 Å². The molecular weight excluding hydrogens is 174 g/mol. The average molecular weight is 192 g/mol. The molecule has 0 aromatic carbocycles. The molecule has 0 aromatic rings. The Hall–Kier alpha value is -0.220. The fraction of sp³-hybridized carbons (Fsp3) is 1.00. The van der Waals surface area contributed by atoms with Gasteiger partial charge in [-0.05, 0) is 5.41 Å². The molecule has 0 radical (unpaired) electrons. The Balaban J connectivity index is 2.56. The van der Waals surface area contributed by atoms with Crippen molar-refractivity contribution in [3.63, 3.8) is 0 Å². The Morgan fingerprint density at radius 2 is 2.00 bits per heavy atom. The van der Waals surface area contributed by atoms with Gasteiger partial charge in [-0.15, -0.1) is 0 Å². The highest BCUT2D eigenvalue weighted by Gasteiger charge is 2.40. The van der Waals surface area contributed by atoms with Crippen LogP contribution >= 0.6 is 0 Å². The standard InChI is InChI=1S/C9H18F2N2/c1-8(2,3)7-13-5-4-12-6-9(13,10)11/h12H,4-7H2,1-3H3. The molecule has 1 rings (SSSR count). The fourth-order valence-corrected chi connectivity index (χ4v) is 1.50. The summed E-state index contributed by atoms with van der Waals surface area (Å²) in [6.07, 6.45) is 0. The topological polar surface area (TPSA) is 15.3 Å². The predicted octanol–water partition coefficient (Wildman–Crippen LogP) is 1.53. The molecule has 0 saturated carbocycles. The van der Waals surface area contributed by atoms with Gasteiger partial charge in [0.05, 0.1) is 6.54 Å². The van der Waals surface area contributed by atoms with Crippen LogP contribution in [0, 0.1) is 5.41 Å². The minimum atomic E-state index is -2.68. The summed E-state index contributed by atoms with van der Waals surface area (Å²) in [6, 6.07) is -2.68. The summed E-state index contributed by atoms with van der Waals surface area (Å²) < 4.78 is 26.5. The lowest BCUT2D eigenvalue weighted by Crippen LogP contribution is -2.57. The monoisotopic (exact) mass is 192 g/mol. The summed E-state index contributed by atoms with van der Waals surface area (Å²) in [7, 11) is 0. The molecule has 1 N–H and O–H groups in total. The lowest BCUT2D eigenvalue weighted by atomic mass is 9.95. The van der Waals surface area contributed by atoms with Gasteiger partial charge in [-0.3, -0.25) is 0 Å². The van der Waals surface area contributed by atoms with E-state index in [0.29, 0.717) is 19.6 Å². The van der Waals surface area contributed by atoms with E-state index in [9.17, 15) is 8.78 Å². The van der Waals surface area contributed by atoms with Gasteiger partial charge in [0.2, 0.25) is 0 Å². The normalized spacial score (nSPS) is 24.7. The van der Waals surface area contributed by atoms with Gasteiger partial charge in [-0.2, -0.15) is 8.78 Å². The van der Waals surface area contributed by atoms with E-state index in [1.54, 1.807) is 0 Å². The van der Waals surface area contributed by atoms with Crippen LogP contribution < -0.4 is 5.32 Å². The van der Waals surface area contributed by atoms with Crippen LogP contribution in [-0.4, -0.2) is 37.1 Å². The Labute approximate surface area is 78.3 Å². The van der Waals surface area contributed by atoms with Crippen molar-refractivity contribution < 1.29 is 8.78 Å². The lowest BCUT2D eigenvalue weighted by molar-refractivity contribution is -0.165. The number of piperazine rings is 1. The van der Waals surface area contributed by atoms with Gasteiger partial charge in [-0.1, -0.05) is 20.8 Å². The minimum Gasteiger partial charge on any atom is -0.309 e. The van der Waals surface area contributed by atoms with Crippen molar-refractivity contribution in [1.29, 1.82) is 0 Å². The lowest BCUT2D eigenvalue weighted by Gasteiger charge is -2.39. The summed E-state index contributed by atoms with van der Waals surface area (Å²) in [4.78, 5) is 1.27. The molecule has 1 saturated heterocycles. The molecule has 0 unspecified atom stereocenters. The van der Waals surface area contributed by atoms with Crippen molar-refractivity contribution in [2.24, 2.45) is 5.41 Å². The highest BCUT2D eigenvalue weighted by atomic mass is 19.3. The minimum absolute atomic E-state index is 0.0687. The smallest absolute Gasteiger partial charge is 0.309 e. The highest BCUT2D eigenvalue weighted by molar-refractivity contribution is 4.81. The SMILES string of the molecule is CC(C)(C)CN1CCNCC1(F)F. The summed E-state index contributed by atoms with van der Waals surface area (Å²) >= 11 is 0. The number of alkyl halides is 2. The van der Waals surface area contributed by atoms with E-state index < -0.39 is 6.05 Å². The summed E-state index contributed by atoms with van der Waals surface area (Å²) in [5.74, 6) is 0. The van der Waals surface area contributed by atoms with Crippen molar-refractivity contribution in [2.45, 2.75) is 26.8 Å². The Bertz CT molecular complexity index is 175. The third-order valence-corrected chi connectivity index (χ3v) is 2.02. The molecule has 1 fully saturated rings. The molecule has 78 valence electrons. The van der Waals surface area contributed by atoms with Crippen molar-refractivity contribution in [1.82, 2.24) is 10.2 Å². The molecule has 13 heavy (non-hydrogen) atoms. The summed E-state index contributed by atoms with van der Waals surface area (Å²) in [5.41, 5.74) is -0.0687. The van der Waals surface area contributed by atoms with E-state index in [-0.39, 0.29) is 12.0 Å². The van der Waals surface area contributed by atoms with Gasteiger partial charge in [0, 0.05) is 19.6 Å². The molecule has 1 aliphatic heterocycles. The van der Waals surface area contributed by atoms with Gasteiger partial charge in [0.1, 0.15) is 0 Å². The number of halogens is 2. The van der Waals surface area contributed by atoms with Gasteiger partial charge >= 0.3 is 6.05 Å². The molecule has 0 aliphatic carbocycles. The third kappa shape index (κ3) is 3.19. The third-order valence-electron chi connectivity index (χ3n) is 2.02. The summed E-state index contributed by atoms with van der Waals surface area (Å²) in [5, 5.41) is 2.70. The van der Waals surface area contributed by atoms with Crippen LogP contribution in [-0.2, 0) is 0 Å². The maximum atomic E-state index is 13.3. The van der Waals surface area contributed by atoms with Crippen molar-refractivity contribution in [3.8, 4) is 0 Å². The van der Waals surface area contributed by atoms with E-state index >= 15 is 0 Å². The first-order valence-corrected chi connectivity index (χ1v) is 4.65. The number of nitrogens with one attached hydrogen (secondary N) is 1. The molecule has 0 bridgehead atoms. The Kier molecular flexibility index (Phi) is 2.92. The number of rotatable bonds is 1. The molecule has 0 atom stereocenters. The molecule has 0 spiro atoms. The van der Waals surface area contributed by atoms with E-state index in [4.69, 9.17) is 0 Å². The quantitative estimate of drug-likeness (QED) is 0.634. The van der Waals surface area contributed by atoms with Crippen LogP contribution in [0.5, 0.6) is 0 Å². The number of nitrogens with zero attached hydrogens (tertiary/aromatic N) is 1.